The Bertz CT molecular complexity index is 2470. The van der Waals surface area contributed by atoms with E-state index >= 15 is 0 Å². The predicted molar refractivity (Wildman–Crippen MR) is 243 cm³/mol. The zero-order valence-electron chi connectivity index (χ0n) is 36.7. The Morgan fingerprint density at radius 2 is 1.30 bits per heavy atom. The summed E-state index contributed by atoms with van der Waals surface area (Å²) in [6.45, 7) is 19.2. The molecule has 61 heavy (non-hydrogen) atoms. The van der Waals surface area contributed by atoms with Crippen LogP contribution in [0.15, 0.2) is 99.2 Å². The number of para-hydroxylation sites is 1. The Morgan fingerprint density at radius 1 is 0.803 bits per heavy atom. The topological polar surface area (TPSA) is 176 Å². The van der Waals surface area contributed by atoms with E-state index in [0.29, 0.717) is 63.1 Å². The number of hydrogen-bond acceptors (Lipinski definition) is 10. The van der Waals surface area contributed by atoms with E-state index in [-0.39, 0.29) is 23.1 Å². The minimum Gasteiger partial charge on any atom is -0.451 e. The number of morpholine rings is 2. The highest BCUT2D eigenvalue weighted by molar-refractivity contribution is 7.89. The zero-order valence-corrected chi connectivity index (χ0v) is 38.3. The van der Waals surface area contributed by atoms with Gasteiger partial charge in [-0.1, -0.05) is 80.6 Å². The fraction of sp³-hybridized carbons (Fsp3) is 0.378. The monoisotopic (exact) mass is 878 g/mol. The van der Waals surface area contributed by atoms with Crippen molar-refractivity contribution in [1.82, 2.24) is 29.4 Å². The molecule has 0 aliphatic carbocycles. The maximum absolute atomic E-state index is 12.7. The average molecular weight is 879 g/mol. The van der Waals surface area contributed by atoms with E-state index in [9.17, 15) is 21.6 Å². The van der Waals surface area contributed by atoms with Gasteiger partial charge in [0.05, 0.1) is 47.3 Å². The second kappa shape index (κ2) is 25.1. The summed E-state index contributed by atoms with van der Waals surface area (Å²) in [6.07, 6.45) is 5.89. The first-order valence-corrected chi connectivity index (χ1v) is 23.1. The summed E-state index contributed by atoms with van der Waals surface area (Å²) in [6, 6.07) is 21.0. The molecule has 0 radical (unpaired) electrons. The van der Waals surface area contributed by atoms with Crippen LogP contribution in [0.1, 0.15) is 53.7 Å². The molecule has 0 bridgehead atoms. The van der Waals surface area contributed by atoms with Gasteiger partial charge in [-0.15, -0.1) is 0 Å². The van der Waals surface area contributed by atoms with Gasteiger partial charge in [-0.25, -0.2) is 16.8 Å². The molecule has 5 aromatic rings. The van der Waals surface area contributed by atoms with Crippen molar-refractivity contribution >= 4 is 49.6 Å². The Hall–Kier alpha value is -4.94. The molecule has 2 aliphatic rings. The van der Waals surface area contributed by atoms with Gasteiger partial charge >= 0.3 is 0 Å². The Balaban J connectivity index is 0.000000260. The van der Waals surface area contributed by atoms with Gasteiger partial charge in [0.1, 0.15) is 5.58 Å². The van der Waals surface area contributed by atoms with Gasteiger partial charge in [-0.2, -0.15) is 13.7 Å². The van der Waals surface area contributed by atoms with Crippen molar-refractivity contribution < 1.29 is 35.5 Å². The lowest BCUT2D eigenvalue weighted by atomic mass is 10.1. The lowest BCUT2D eigenvalue weighted by Gasteiger charge is -2.26. The molecule has 7 rings (SSSR count). The number of nitrogens with one attached hydrogen (secondary N) is 3. The van der Waals surface area contributed by atoms with E-state index in [0.717, 1.165) is 38.3 Å². The molecule has 0 spiro atoms. The number of rotatable bonds is 8. The second-order valence-corrected chi connectivity index (χ2v) is 17.5. The highest BCUT2D eigenvalue weighted by Crippen LogP contribution is 2.25. The first kappa shape index (κ1) is 50.4. The largest absolute Gasteiger partial charge is 0.451 e. The normalized spacial score (nSPS) is 15.0. The maximum Gasteiger partial charge on any atom is 0.287 e. The molecule has 14 nitrogen and oxygen atoms in total. The predicted octanol–water partition coefficient (Wildman–Crippen LogP) is 5.05. The number of aromatic amines is 1. The number of fused-ring (bicyclic) bond motifs is 1. The minimum atomic E-state index is -3.52. The fourth-order valence-corrected chi connectivity index (χ4v) is 8.64. The summed E-state index contributed by atoms with van der Waals surface area (Å²) in [4.78, 5) is 13.1. The van der Waals surface area contributed by atoms with Crippen LogP contribution in [0.4, 0.5) is 0 Å². The highest BCUT2D eigenvalue weighted by Gasteiger charge is 2.27. The Morgan fingerprint density at radius 3 is 1.75 bits per heavy atom. The molecule has 2 fully saturated rings. The lowest BCUT2D eigenvalue weighted by Crippen LogP contribution is -2.40. The number of allylic oxidation sites excluding steroid dienone is 2. The summed E-state index contributed by atoms with van der Waals surface area (Å²) in [7, 11) is -3.10. The van der Waals surface area contributed by atoms with Crippen molar-refractivity contribution in [3.05, 3.63) is 124 Å². The molecular weight excluding hydrogens is 817 g/mol. The third-order valence-electron chi connectivity index (χ3n) is 9.22. The van der Waals surface area contributed by atoms with Gasteiger partial charge in [0.2, 0.25) is 20.0 Å². The van der Waals surface area contributed by atoms with Crippen LogP contribution in [0, 0.1) is 20.8 Å². The lowest BCUT2D eigenvalue weighted by molar-refractivity contribution is 0.0730. The quantitative estimate of drug-likeness (QED) is 0.191. The van der Waals surface area contributed by atoms with Crippen molar-refractivity contribution in [2.45, 2.75) is 57.9 Å². The van der Waals surface area contributed by atoms with E-state index in [4.69, 9.17) is 13.9 Å². The number of H-pyrrole nitrogens is 1. The number of amides is 1. The second-order valence-electron chi connectivity index (χ2n) is 13.6. The standard InChI is InChI=1S/C21H22N2O5S.C11H15NO3S.C9H12N2.C2H7N.C2H6/c1-15-18-4-2-3-5-19(18)28-20(15)21(24)22-14-16-6-8-17(9-7-16)29(25,26)23-10-12-27-13-11-23;1-10-2-4-11(5-3-10)16(13,14)12-6-8-15-9-7-12;1-4-5-6-9-7(2)8(3)10-11-9;1-3-2;1-2/h2-9H,10-14H2,1H3,(H,22,24);2-5H,6-9H2,1H3;4-6,11H,2H2,1,3H3;3H,1-2H3;1-2H3/b;;5-4-,9-6+;;. The van der Waals surface area contributed by atoms with E-state index in [1.54, 1.807) is 36.4 Å². The summed E-state index contributed by atoms with van der Waals surface area (Å²) < 4.78 is 68.6. The van der Waals surface area contributed by atoms with Gasteiger partial charge in [0, 0.05) is 48.9 Å². The number of aromatic nitrogens is 2. The van der Waals surface area contributed by atoms with E-state index in [1.807, 2.05) is 110 Å². The average Bonchev–Trinajstić information content (AvgIpc) is 3.80. The molecular formula is C45H62N6O8S2. The number of hydrogen-bond donors (Lipinski definition) is 3. The van der Waals surface area contributed by atoms with Crippen molar-refractivity contribution in [1.29, 1.82) is 0 Å². The molecule has 4 heterocycles. The molecule has 3 aromatic carbocycles. The molecule has 0 saturated carbocycles. The smallest absolute Gasteiger partial charge is 0.287 e. The minimum absolute atomic E-state index is 0.239. The number of carbonyl (C=O) groups is 1. The number of aryl methyl sites for hydroxylation is 3. The van der Waals surface area contributed by atoms with Crippen LogP contribution in [0.2, 0.25) is 0 Å². The SMILES string of the molecule is C=c1c(C)n[nH]/c1=C/C=C\C.CC.CNC.Cc1c(C(=O)NCc2ccc(S(=O)(=O)N3CCOCC3)cc2)oc2ccccc12.Cc1ccc(S(=O)(=O)N2CCOCC2)cc1. The molecule has 3 N–H and O–H groups in total. The zero-order chi connectivity index (χ0) is 45.0. The van der Waals surface area contributed by atoms with Crippen molar-refractivity contribution in [3.8, 4) is 0 Å². The summed E-state index contributed by atoms with van der Waals surface area (Å²) in [5.41, 5.74) is 4.28. The Labute approximate surface area is 361 Å². The maximum atomic E-state index is 12.7. The first-order chi connectivity index (χ1) is 29.2. The number of benzene rings is 3. The van der Waals surface area contributed by atoms with Crippen LogP contribution in [0.5, 0.6) is 0 Å². The molecule has 2 aliphatic heterocycles. The van der Waals surface area contributed by atoms with E-state index in [1.165, 1.54) is 8.61 Å². The number of ether oxygens (including phenoxy) is 2. The molecule has 16 heteroatoms. The van der Waals surface area contributed by atoms with E-state index < -0.39 is 20.0 Å². The van der Waals surface area contributed by atoms with Gasteiger partial charge in [-0.3, -0.25) is 9.89 Å². The molecule has 2 saturated heterocycles. The van der Waals surface area contributed by atoms with Crippen molar-refractivity contribution in [3.63, 3.8) is 0 Å². The van der Waals surface area contributed by atoms with Crippen LogP contribution in [-0.4, -0.2) is 108 Å². The molecule has 1 amide bonds. The molecule has 0 atom stereocenters. The third-order valence-corrected chi connectivity index (χ3v) is 13.0. The van der Waals surface area contributed by atoms with Gasteiger partial charge < -0.3 is 24.5 Å². The summed E-state index contributed by atoms with van der Waals surface area (Å²) >= 11 is 0. The van der Waals surface area contributed by atoms with E-state index in [2.05, 4.69) is 27.4 Å². The fourth-order valence-electron chi connectivity index (χ4n) is 5.82. The number of carbonyl (C=O) groups excluding carboxylic acids is 1. The number of nitrogens with zero attached hydrogens (tertiary/aromatic N) is 3. The number of furan rings is 1. The van der Waals surface area contributed by atoms with Gasteiger partial charge in [-0.05, 0) is 83.8 Å². The molecule has 0 unspecified atom stereocenters. The third kappa shape index (κ3) is 14.3. The molecule has 2 aromatic heterocycles. The van der Waals surface area contributed by atoms with Crippen LogP contribution in [0.25, 0.3) is 23.6 Å². The first-order valence-electron chi connectivity index (χ1n) is 20.2. The van der Waals surface area contributed by atoms with Gasteiger partial charge in [0.25, 0.3) is 5.91 Å². The molecule has 332 valence electrons. The Kier molecular flexibility index (Phi) is 20.7. The summed E-state index contributed by atoms with van der Waals surface area (Å²) in [5, 5.41) is 15.4. The van der Waals surface area contributed by atoms with Crippen LogP contribution in [0.3, 0.4) is 0 Å². The van der Waals surface area contributed by atoms with Gasteiger partial charge in [0.15, 0.2) is 5.76 Å². The highest BCUT2D eigenvalue weighted by atomic mass is 32.2. The van der Waals surface area contributed by atoms with Crippen LogP contribution in [-0.2, 0) is 36.1 Å². The van der Waals surface area contributed by atoms with Crippen molar-refractivity contribution in [2.24, 2.45) is 0 Å². The van der Waals surface area contributed by atoms with Crippen molar-refractivity contribution in [2.75, 3.05) is 66.7 Å². The van der Waals surface area contributed by atoms with Crippen LogP contribution >= 0.6 is 0 Å². The van der Waals surface area contributed by atoms with Crippen LogP contribution < -0.4 is 21.2 Å². The summed E-state index contributed by atoms with van der Waals surface area (Å²) in [5.74, 6) is -0.0126. The number of sulfonamides is 2.